The molecule has 0 saturated heterocycles. The van der Waals surface area contributed by atoms with Crippen LogP contribution in [0.1, 0.15) is 166 Å². The Balaban J connectivity index is 0.000000498. The van der Waals surface area contributed by atoms with Gasteiger partial charge in [-0.3, -0.25) is 0 Å². The molecule has 412 valence electrons. The summed E-state index contributed by atoms with van der Waals surface area (Å²) in [6, 6.07) is 54.0. The SMILES string of the molecule is CC(C)(C)P(c1cc2ccccc2[cH-]1)C(C)(C)C.CC(C)(C)P(c1cc2ccccc2[cH-]1)C(C)(C)C.CC(C)(C)P(c1cc2ccccc2[cH-]1)C(C)(C)C.CC(C)(C)P(c1cc2ccccc2[cH-]1)C(C)(C)C.[Cl-].[Cl-].[Zr+2].[Zr+2]. The summed E-state index contributed by atoms with van der Waals surface area (Å²) in [4.78, 5) is 0. The van der Waals surface area contributed by atoms with E-state index in [0.717, 1.165) is 0 Å². The van der Waals surface area contributed by atoms with Crippen LogP contribution in [0, 0.1) is 0 Å². The summed E-state index contributed by atoms with van der Waals surface area (Å²) < 4.78 is 0. The number of hydrogen-bond acceptors (Lipinski definition) is 0. The monoisotopic (exact) mass is 1290 g/mol. The Kier molecular flexibility index (Phi) is 27.1. The minimum Gasteiger partial charge on any atom is -1.00 e. The fraction of sp³-hybridized carbons (Fsp3) is 0.471. The third-order valence-corrected chi connectivity index (χ3v) is 26.6. The van der Waals surface area contributed by atoms with E-state index in [2.05, 4.69) is 312 Å². The van der Waals surface area contributed by atoms with Gasteiger partial charge in [0, 0.05) is 0 Å². The van der Waals surface area contributed by atoms with Crippen molar-refractivity contribution in [2.45, 2.75) is 207 Å². The standard InChI is InChI=1S/4C17H24P.2ClH.2Zr/c4*1-16(2,3)18(17(4,5)6)15-11-13-9-7-8-10-14(13)12-15;;;;/h4*7-12H,1-6H3;2*1H;;/q4*-1;;;2*+2/p-2. The molecule has 0 aromatic heterocycles. The van der Waals surface area contributed by atoms with Gasteiger partial charge in [0.25, 0.3) is 0 Å². The first-order chi connectivity index (χ1) is 32.8. The largest absolute Gasteiger partial charge is 2.00 e. The van der Waals surface area contributed by atoms with Crippen molar-refractivity contribution in [2.24, 2.45) is 0 Å². The summed E-state index contributed by atoms with van der Waals surface area (Å²) >= 11 is 0. The molecule has 0 aliphatic carbocycles. The molecule has 0 radical (unpaired) electrons. The van der Waals surface area contributed by atoms with E-state index in [0.29, 0.717) is 41.2 Å². The van der Waals surface area contributed by atoms with Crippen molar-refractivity contribution in [2.75, 3.05) is 0 Å². The molecule has 0 aliphatic rings. The van der Waals surface area contributed by atoms with Gasteiger partial charge in [-0.1, -0.05) is 222 Å². The molecule has 0 nitrogen and oxygen atoms in total. The van der Waals surface area contributed by atoms with Crippen LogP contribution in [-0.4, -0.2) is 41.2 Å². The first-order valence-electron chi connectivity index (χ1n) is 26.6. The molecular formula is C68H96Cl2P4Zr2-2. The van der Waals surface area contributed by atoms with E-state index < -0.39 is 0 Å². The number of rotatable bonds is 4. The Hall–Kier alpha value is -0.614. The van der Waals surface area contributed by atoms with Gasteiger partial charge in [-0.15, -0.1) is 161 Å². The Morgan fingerprint density at radius 3 is 0.487 bits per heavy atom. The predicted molar refractivity (Wildman–Crippen MR) is 342 cm³/mol. The van der Waals surface area contributed by atoms with Crippen molar-refractivity contribution < 1.29 is 77.2 Å². The number of fused-ring (bicyclic) bond motifs is 4. The van der Waals surface area contributed by atoms with Gasteiger partial charge < -0.3 is 24.8 Å². The molecule has 8 aromatic rings. The maximum absolute atomic E-state index is 2.40. The first kappa shape index (κ1) is 73.4. The van der Waals surface area contributed by atoms with Crippen LogP contribution in [0.4, 0.5) is 0 Å². The number of hydrogen-bond donors (Lipinski definition) is 0. The van der Waals surface area contributed by atoms with Crippen molar-refractivity contribution >= 4 is 96.0 Å². The average Bonchev–Trinajstić information content (AvgIpc) is 3.98. The Labute approximate surface area is 521 Å². The van der Waals surface area contributed by atoms with Crippen molar-refractivity contribution in [1.29, 1.82) is 0 Å². The van der Waals surface area contributed by atoms with Gasteiger partial charge in [-0.25, -0.2) is 0 Å². The van der Waals surface area contributed by atoms with Gasteiger partial charge in [-0.05, 0) is 41.2 Å². The Bertz CT molecular complexity index is 2380. The molecule has 8 aromatic carbocycles. The van der Waals surface area contributed by atoms with Crippen LogP contribution in [0.15, 0.2) is 146 Å². The first-order valence-corrected chi connectivity index (χ1v) is 32.0. The number of halogens is 2. The molecule has 8 rings (SSSR count). The maximum atomic E-state index is 2.40. The quantitative estimate of drug-likeness (QED) is 0.122. The van der Waals surface area contributed by atoms with E-state index >= 15 is 0 Å². The van der Waals surface area contributed by atoms with E-state index in [1.54, 1.807) is 21.2 Å². The Morgan fingerprint density at radius 2 is 0.368 bits per heavy atom. The second-order valence-corrected chi connectivity index (χ2v) is 43.6. The van der Waals surface area contributed by atoms with E-state index in [9.17, 15) is 0 Å². The van der Waals surface area contributed by atoms with Gasteiger partial charge in [0.2, 0.25) is 0 Å². The van der Waals surface area contributed by atoms with Crippen LogP contribution in [-0.2, 0) is 52.4 Å². The zero-order valence-electron chi connectivity index (χ0n) is 51.4. The van der Waals surface area contributed by atoms with Crippen LogP contribution in [0.25, 0.3) is 43.1 Å². The molecule has 0 bridgehead atoms. The molecule has 8 heteroatoms. The zero-order chi connectivity index (χ0) is 54.2. The van der Waals surface area contributed by atoms with Crippen LogP contribution in [0.2, 0.25) is 0 Å². The van der Waals surface area contributed by atoms with Gasteiger partial charge in [0.15, 0.2) is 0 Å². The fourth-order valence-electron chi connectivity index (χ4n) is 12.2. The molecule has 0 fully saturated rings. The molecule has 0 atom stereocenters. The minimum absolute atomic E-state index is 0. The predicted octanol–water partition coefficient (Wildman–Crippen LogP) is 15.1. The smallest absolute Gasteiger partial charge is 1.00 e. The molecule has 0 unspecified atom stereocenters. The topological polar surface area (TPSA) is 0 Å². The van der Waals surface area contributed by atoms with Crippen LogP contribution < -0.4 is 46.0 Å². The van der Waals surface area contributed by atoms with Crippen molar-refractivity contribution in [3.05, 3.63) is 146 Å². The second kappa shape index (κ2) is 28.1. The summed E-state index contributed by atoms with van der Waals surface area (Å²) in [6.45, 7) is 57.0. The van der Waals surface area contributed by atoms with E-state index in [4.69, 9.17) is 0 Å². The fourth-order valence-corrected chi connectivity index (χ4v) is 28.6. The van der Waals surface area contributed by atoms with E-state index in [1.165, 1.54) is 43.1 Å². The summed E-state index contributed by atoms with van der Waals surface area (Å²) in [5, 5.41) is 20.0. The molecule has 0 aliphatic heterocycles. The Morgan fingerprint density at radius 1 is 0.237 bits per heavy atom. The van der Waals surface area contributed by atoms with Crippen molar-refractivity contribution in [3.63, 3.8) is 0 Å². The van der Waals surface area contributed by atoms with E-state index in [-0.39, 0.29) is 109 Å². The summed E-state index contributed by atoms with van der Waals surface area (Å²) in [5.41, 5.74) is 0. The van der Waals surface area contributed by atoms with Crippen LogP contribution in [0.5, 0.6) is 0 Å². The molecular weight excluding hydrogens is 1190 g/mol. The molecule has 0 amide bonds. The normalized spacial score (nSPS) is 12.8. The van der Waals surface area contributed by atoms with E-state index in [1.807, 2.05) is 0 Å². The molecule has 0 N–H and O–H groups in total. The summed E-state index contributed by atoms with van der Waals surface area (Å²) in [5.74, 6) is 0. The van der Waals surface area contributed by atoms with Gasteiger partial charge >= 0.3 is 52.4 Å². The molecule has 0 heterocycles. The third kappa shape index (κ3) is 19.8. The third-order valence-electron chi connectivity index (χ3n) is 12.8. The number of benzene rings is 4. The van der Waals surface area contributed by atoms with Gasteiger partial charge in [0.1, 0.15) is 0 Å². The summed E-state index contributed by atoms with van der Waals surface area (Å²) in [7, 11) is -0.739. The molecule has 0 saturated carbocycles. The maximum Gasteiger partial charge on any atom is 2.00 e. The van der Waals surface area contributed by atoms with Crippen molar-refractivity contribution in [3.8, 4) is 0 Å². The molecule has 0 spiro atoms. The van der Waals surface area contributed by atoms with Gasteiger partial charge in [-0.2, -0.15) is 24.3 Å². The van der Waals surface area contributed by atoms with Crippen LogP contribution >= 0.6 is 31.7 Å². The zero-order valence-corrected chi connectivity index (χ0v) is 61.4. The average molecular weight is 1290 g/mol. The van der Waals surface area contributed by atoms with Crippen molar-refractivity contribution in [1.82, 2.24) is 0 Å². The van der Waals surface area contributed by atoms with Crippen LogP contribution in [0.3, 0.4) is 0 Å². The second-order valence-electron chi connectivity index (χ2n) is 28.1. The minimum atomic E-state index is -0.185. The summed E-state index contributed by atoms with van der Waals surface area (Å²) in [6.07, 6.45) is 0. The van der Waals surface area contributed by atoms with Gasteiger partial charge in [0.05, 0.1) is 0 Å². The molecule has 76 heavy (non-hydrogen) atoms.